The predicted octanol–water partition coefficient (Wildman–Crippen LogP) is 4.06. The number of anilines is 1. The van der Waals surface area contributed by atoms with Gasteiger partial charge in [0.15, 0.2) is 0 Å². The van der Waals surface area contributed by atoms with Crippen LogP contribution >= 0.6 is 0 Å². The van der Waals surface area contributed by atoms with Crippen LogP contribution in [0.1, 0.15) is 53.1 Å². The molecule has 1 heterocycles. The molecular formula is C20H26N2O3. The van der Waals surface area contributed by atoms with Crippen molar-refractivity contribution in [2.75, 3.05) is 11.5 Å². The molecule has 1 aromatic heterocycles. The molecule has 0 aliphatic carbocycles. The third-order valence-electron chi connectivity index (χ3n) is 4.31. The van der Waals surface area contributed by atoms with Crippen molar-refractivity contribution in [1.29, 1.82) is 0 Å². The molecule has 0 bridgehead atoms. The Labute approximate surface area is 149 Å². The summed E-state index contributed by atoms with van der Waals surface area (Å²) in [6.07, 6.45) is 0.418. The van der Waals surface area contributed by atoms with Gasteiger partial charge in [-0.15, -0.1) is 0 Å². The second kappa shape index (κ2) is 8.01. The first-order valence-electron chi connectivity index (χ1n) is 8.61. The van der Waals surface area contributed by atoms with Crippen molar-refractivity contribution in [3.63, 3.8) is 0 Å². The van der Waals surface area contributed by atoms with Crippen molar-refractivity contribution in [3.05, 3.63) is 52.3 Å². The van der Waals surface area contributed by atoms with Crippen LogP contribution in [0.2, 0.25) is 0 Å². The van der Waals surface area contributed by atoms with E-state index in [1.807, 2.05) is 52.0 Å². The molecule has 1 aromatic carbocycles. The summed E-state index contributed by atoms with van der Waals surface area (Å²) in [5.41, 5.74) is 5.08. The highest BCUT2D eigenvalue weighted by Gasteiger charge is 2.22. The van der Waals surface area contributed by atoms with Gasteiger partial charge in [-0.1, -0.05) is 19.1 Å². The van der Waals surface area contributed by atoms with Crippen molar-refractivity contribution in [2.45, 2.75) is 47.6 Å². The number of hydrogen-bond acceptors (Lipinski definition) is 3. The molecule has 2 aromatic rings. The molecule has 0 unspecified atom stereocenters. The summed E-state index contributed by atoms with van der Waals surface area (Å²) in [7, 11) is 0. The molecule has 25 heavy (non-hydrogen) atoms. The first-order valence-corrected chi connectivity index (χ1v) is 8.61. The number of benzene rings is 1. The molecule has 1 amide bonds. The number of nitrogens with one attached hydrogen (secondary N) is 1. The molecule has 0 aliphatic heterocycles. The van der Waals surface area contributed by atoms with E-state index in [0.29, 0.717) is 25.3 Å². The van der Waals surface area contributed by atoms with Crippen LogP contribution in [0.4, 0.5) is 5.69 Å². The number of aromatic amines is 1. The maximum atomic E-state index is 12.5. The fraction of sp³-hybridized carbons (Fsp3) is 0.400. The normalized spacial score (nSPS) is 10.6. The van der Waals surface area contributed by atoms with E-state index in [4.69, 9.17) is 4.74 Å². The highest BCUT2D eigenvalue weighted by atomic mass is 16.5. The lowest BCUT2D eigenvalue weighted by atomic mass is 10.1. The second-order valence-electron chi connectivity index (χ2n) is 6.12. The number of H-pyrrole nitrogens is 1. The minimum absolute atomic E-state index is 0.0447. The molecule has 0 aliphatic rings. The minimum Gasteiger partial charge on any atom is -0.461 e. The fourth-order valence-electron chi connectivity index (χ4n) is 2.90. The van der Waals surface area contributed by atoms with Crippen LogP contribution < -0.4 is 4.90 Å². The average molecular weight is 342 g/mol. The second-order valence-corrected chi connectivity index (χ2v) is 6.12. The third kappa shape index (κ3) is 4.10. The van der Waals surface area contributed by atoms with E-state index < -0.39 is 0 Å². The molecule has 5 heteroatoms. The van der Waals surface area contributed by atoms with Crippen molar-refractivity contribution in [2.24, 2.45) is 0 Å². The zero-order valence-electron chi connectivity index (χ0n) is 15.6. The molecule has 0 saturated carbocycles. The lowest BCUT2D eigenvalue weighted by Crippen LogP contribution is -2.30. The van der Waals surface area contributed by atoms with E-state index in [-0.39, 0.29) is 11.9 Å². The number of aryl methyl sites for hydroxylation is 2. The van der Waals surface area contributed by atoms with Gasteiger partial charge in [-0.2, -0.15) is 0 Å². The Kier molecular flexibility index (Phi) is 6.02. The van der Waals surface area contributed by atoms with E-state index in [1.54, 1.807) is 11.8 Å². The summed E-state index contributed by atoms with van der Waals surface area (Å²) in [5, 5.41) is 0. The molecule has 5 nitrogen and oxygen atoms in total. The van der Waals surface area contributed by atoms with Crippen LogP contribution in [-0.2, 0) is 16.1 Å². The summed E-state index contributed by atoms with van der Waals surface area (Å²) >= 11 is 0. The Hall–Kier alpha value is -2.56. The van der Waals surface area contributed by atoms with Crippen LogP contribution in [0.3, 0.4) is 0 Å². The highest BCUT2D eigenvalue weighted by Crippen LogP contribution is 2.25. The van der Waals surface area contributed by atoms with E-state index in [1.165, 1.54) is 0 Å². The van der Waals surface area contributed by atoms with Crippen LogP contribution in [0.15, 0.2) is 24.3 Å². The Balaban J connectivity index is 2.40. The topological polar surface area (TPSA) is 62.4 Å². The molecular weight excluding hydrogens is 316 g/mol. The summed E-state index contributed by atoms with van der Waals surface area (Å²) < 4.78 is 5.10. The summed E-state index contributed by atoms with van der Waals surface area (Å²) in [5.74, 6) is -0.318. The van der Waals surface area contributed by atoms with E-state index in [9.17, 15) is 9.59 Å². The Morgan fingerprint density at radius 1 is 1.16 bits per heavy atom. The Morgan fingerprint density at radius 2 is 1.88 bits per heavy atom. The first kappa shape index (κ1) is 18.8. The lowest BCUT2D eigenvalue weighted by molar-refractivity contribution is -0.118. The lowest BCUT2D eigenvalue weighted by Gasteiger charge is -2.23. The van der Waals surface area contributed by atoms with Crippen molar-refractivity contribution < 1.29 is 14.3 Å². The van der Waals surface area contributed by atoms with E-state index in [2.05, 4.69) is 4.98 Å². The van der Waals surface area contributed by atoms with Gasteiger partial charge in [-0.25, -0.2) is 4.79 Å². The first-order chi connectivity index (χ1) is 11.9. The minimum atomic E-state index is -0.363. The molecule has 0 radical (unpaired) electrons. The largest absolute Gasteiger partial charge is 0.461 e. The Morgan fingerprint density at radius 3 is 2.48 bits per heavy atom. The number of rotatable bonds is 6. The van der Waals surface area contributed by atoms with Crippen LogP contribution in [0.5, 0.6) is 0 Å². The zero-order chi connectivity index (χ0) is 18.6. The monoisotopic (exact) mass is 342 g/mol. The van der Waals surface area contributed by atoms with Crippen LogP contribution in [0, 0.1) is 20.8 Å². The van der Waals surface area contributed by atoms with Gasteiger partial charge in [0.05, 0.1) is 13.2 Å². The fourth-order valence-corrected chi connectivity index (χ4v) is 2.90. The van der Waals surface area contributed by atoms with Gasteiger partial charge in [0.25, 0.3) is 0 Å². The maximum Gasteiger partial charge on any atom is 0.355 e. The van der Waals surface area contributed by atoms with E-state index in [0.717, 1.165) is 28.1 Å². The number of esters is 1. The molecule has 0 fully saturated rings. The molecule has 0 spiro atoms. The van der Waals surface area contributed by atoms with Gasteiger partial charge in [-0.05, 0) is 56.5 Å². The Bertz CT molecular complexity index is 777. The molecule has 1 N–H and O–H groups in total. The molecule has 0 atom stereocenters. The van der Waals surface area contributed by atoms with Crippen molar-refractivity contribution in [1.82, 2.24) is 4.98 Å². The van der Waals surface area contributed by atoms with E-state index >= 15 is 0 Å². The van der Waals surface area contributed by atoms with Gasteiger partial charge in [0.2, 0.25) is 5.91 Å². The number of carbonyl (C=O) groups excluding carboxylic acids is 2. The van der Waals surface area contributed by atoms with Crippen molar-refractivity contribution in [3.8, 4) is 0 Å². The van der Waals surface area contributed by atoms with Gasteiger partial charge < -0.3 is 14.6 Å². The van der Waals surface area contributed by atoms with Gasteiger partial charge >= 0.3 is 5.97 Å². The SMILES string of the molecule is CCOC(=O)c1[nH]c(C)c(CN(C(=O)CC)c2cccc(C)c2)c1C. The quantitative estimate of drug-likeness (QED) is 0.805. The van der Waals surface area contributed by atoms with Gasteiger partial charge in [0.1, 0.15) is 5.69 Å². The maximum absolute atomic E-state index is 12.5. The number of carbonyl (C=O) groups is 2. The van der Waals surface area contributed by atoms with Gasteiger partial charge in [-0.3, -0.25) is 4.79 Å². The molecule has 2 rings (SSSR count). The number of aromatic nitrogens is 1. The number of amides is 1. The van der Waals surface area contributed by atoms with Crippen LogP contribution in [0.25, 0.3) is 0 Å². The third-order valence-corrected chi connectivity index (χ3v) is 4.31. The zero-order valence-corrected chi connectivity index (χ0v) is 15.6. The summed E-state index contributed by atoms with van der Waals surface area (Å²) in [6, 6.07) is 7.88. The summed E-state index contributed by atoms with van der Waals surface area (Å²) in [4.78, 5) is 29.5. The predicted molar refractivity (Wildman–Crippen MR) is 98.9 cm³/mol. The highest BCUT2D eigenvalue weighted by molar-refractivity contribution is 5.94. The van der Waals surface area contributed by atoms with Crippen LogP contribution in [-0.4, -0.2) is 23.5 Å². The van der Waals surface area contributed by atoms with Gasteiger partial charge in [0, 0.05) is 17.8 Å². The number of nitrogens with zero attached hydrogens (tertiary/aromatic N) is 1. The summed E-state index contributed by atoms with van der Waals surface area (Å²) in [6.45, 7) is 10.2. The number of ether oxygens (including phenoxy) is 1. The molecule has 134 valence electrons. The van der Waals surface area contributed by atoms with Crippen molar-refractivity contribution >= 4 is 17.6 Å². The average Bonchev–Trinajstić information content (AvgIpc) is 2.86. The smallest absolute Gasteiger partial charge is 0.355 e. The standard InChI is InChI=1S/C20H26N2O3/c1-6-18(23)22(16-10-8-9-13(3)11-16)12-17-14(4)19(21-15(17)5)20(24)25-7-2/h8-11,21H,6-7,12H2,1-5H3. The molecule has 0 saturated heterocycles. The number of hydrogen-bond donors (Lipinski definition) is 1.